The van der Waals surface area contributed by atoms with Gasteiger partial charge in [-0.05, 0) is 50.4 Å². The third-order valence-corrected chi connectivity index (χ3v) is 8.00. The van der Waals surface area contributed by atoms with E-state index in [-0.39, 0.29) is 29.2 Å². The highest BCUT2D eigenvalue weighted by molar-refractivity contribution is 6.26. The number of anilines is 2. The third-order valence-electron chi connectivity index (χ3n) is 8.00. The molecule has 9 nitrogen and oxygen atoms in total. The van der Waals surface area contributed by atoms with Crippen molar-refractivity contribution in [1.29, 1.82) is 0 Å². The Morgan fingerprint density at radius 1 is 1.12 bits per heavy atom. The molecule has 4 heterocycles. The molecule has 9 heteroatoms. The SMILES string of the molecule is Cc1ccc2c(c1C)NC(=O)[C@@]21[C@@H]2C(=O)N(c3cccc([N+](=O)[O-])c3)C(=O)[C@@H]2[C@@H]2CCCN21. The largest absolute Gasteiger partial charge is 0.324 e. The van der Waals surface area contributed by atoms with Crippen molar-refractivity contribution >= 4 is 34.8 Å². The van der Waals surface area contributed by atoms with E-state index in [2.05, 4.69) is 10.2 Å². The molecule has 0 aliphatic carbocycles. The average molecular weight is 446 g/mol. The van der Waals surface area contributed by atoms with E-state index in [1.54, 1.807) is 0 Å². The molecule has 1 N–H and O–H groups in total. The van der Waals surface area contributed by atoms with Gasteiger partial charge < -0.3 is 5.32 Å². The second-order valence-corrected chi connectivity index (χ2v) is 9.35. The topological polar surface area (TPSA) is 113 Å². The third kappa shape index (κ3) is 2.27. The Kier molecular flexibility index (Phi) is 3.93. The fourth-order valence-electron chi connectivity index (χ4n) is 6.52. The summed E-state index contributed by atoms with van der Waals surface area (Å²) in [7, 11) is 0. The quantitative estimate of drug-likeness (QED) is 0.431. The maximum Gasteiger partial charge on any atom is 0.271 e. The van der Waals surface area contributed by atoms with Gasteiger partial charge in [-0.15, -0.1) is 0 Å². The molecule has 0 bridgehead atoms. The van der Waals surface area contributed by atoms with E-state index in [0.29, 0.717) is 6.54 Å². The lowest BCUT2D eigenvalue weighted by molar-refractivity contribution is -0.384. The molecule has 0 saturated carbocycles. The van der Waals surface area contributed by atoms with Crippen LogP contribution in [0.25, 0.3) is 0 Å². The van der Waals surface area contributed by atoms with Crippen LogP contribution in [0.1, 0.15) is 29.5 Å². The number of nitro benzene ring substituents is 1. The van der Waals surface area contributed by atoms with E-state index in [1.165, 1.54) is 24.3 Å². The minimum atomic E-state index is -1.25. The van der Waals surface area contributed by atoms with Gasteiger partial charge in [0, 0.05) is 29.4 Å². The number of imide groups is 1. The van der Waals surface area contributed by atoms with Crippen LogP contribution in [0.2, 0.25) is 0 Å². The molecular weight excluding hydrogens is 424 g/mol. The van der Waals surface area contributed by atoms with Gasteiger partial charge in [-0.25, -0.2) is 4.90 Å². The zero-order valence-electron chi connectivity index (χ0n) is 18.2. The first kappa shape index (κ1) is 20.0. The predicted molar refractivity (Wildman–Crippen MR) is 119 cm³/mol. The summed E-state index contributed by atoms with van der Waals surface area (Å²) in [5, 5.41) is 14.3. The molecule has 1 spiro atoms. The molecule has 2 aromatic rings. The Hall–Kier alpha value is -3.59. The van der Waals surface area contributed by atoms with Gasteiger partial charge in [-0.2, -0.15) is 0 Å². The number of carbonyl (C=O) groups is 3. The van der Waals surface area contributed by atoms with Crippen molar-refractivity contribution in [2.75, 3.05) is 16.8 Å². The number of hydrogen-bond donors (Lipinski definition) is 1. The number of amides is 3. The van der Waals surface area contributed by atoms with Gasteiger partial charge in [-0.1, -0.05) is 18.2 Å². The second-order valence-electron chi connectivity index (χ2n) is 9.35. The van der Waals surface area contributed by atoms with Crippen LogP contribution in [-0.4, -0.2) is 40.1 Å². The summed E-state index contributed by atoms with van der Waals surface area (Å²) in [5.41, 5.74) is 2.18. The molecule has 4 atom stereocenters. The van der Waals surface area contributed by atoms with E-state index >= 15 is 0 Å². The molecule has 168 valence electrons. The number of benzene rings is 2. The number of nitrogens with one attached hydrogen (secondary N) is 1. The van der Waals surface area contributed by atoms with Crippen molar-refractivity contribution in [3.63, 3.8) is 0 Å². The highest BCUT2D eigenvalue weighted by Crippen LogP contribution is 2.61. The van der Waals surface area contributed by atoms with Crippen LogP contribution in [0.15, 0.2) is 36.4 Å². The van der Waals surface area contributed by atoms with Crippen molar-refractivity contribution in [1.82, 2.24) is 4.90 Å². The molecule has 0 aromatic heterocycles. The van der Waals surface area contributed by atoms with Gasteiger partial charge in [0.25, 0.3) is 5.69 Å². The molecule has 6 rings (SSSR count). The van der Waals surface area contributed by atoms with E-state index in [0.717, 1.165) is 40.1 Å². The molecule has 0 unspecified atom stereocenters. The highest BCUT2D eigenvalue weighted by Gasteiger charge is 2.74. The van der Waals surface area contributed by atoms with E-state index in [4.69, 9.17) is 0 Å². The molecule has 3 fully saturated rings. The summed E-state index contributed by atoms with van der Waals surface area (Å²) < 4.78 is 0. The van der Waals surface area contributed by atoms with E-state index in [9.17, 15) is 24.5 Å². The molecule has 33 heavy (non-hydrogen) atoms. The number of nitrogens with zero attached hydrogens (tertiary/aromatic N) is 3. The van der Waals surface area contributed by atoms with Crippen LogP contribution >= 0.6 is 0 Å². The minimum Gasteiger partial charge on any atom is -0.324 e. The monoisotopic (exact) mass is 446 g/mol. The fourth-order valence-corrected chi connectivity index (χ4v) is 6.52. The van der Waals surface area contributed by atoms with Crippen molar-refractivity contribution in [2.24, 2.45) is 11.8 Å². The standard InChI is InChI=1S/C24H22N4O5/c1-12-8-9-16-20(13(12)2)25-23(31)24(16)19-18(17-7-4-10-26(17)24)21(29)27(22(19)30)14-5-3-6-15(11-14)28(32)33/h3,5-6,8-9,11,17-19H,4,7,10H2,1-2H3,(H,25,31)/t17-,18+,19-,24-/m0/s1. The maximum absolute atomic E-state index is 13.9. The lowest BCUT2D eigenvalue weighted by atomic mass is 9.75. The maximum atomic E-state index is 13.9. The van der Waals surface area contributed by atoms with E-state index in [1.807, 2.05) is 26.0 Å². The number of aryl methyl sites for hydroxylation is 1. The van der Waals surface area contributed by atoms with Crippen molar-refractivity contribution in [3.8, 4) is 0 Å². The van der Waals surface area contributed by atoms with Crippen LogP contribution in [-0.2, 0) is 19.9 Å². The molecular formula is C24H22N4O5. The Morgan fingerprint density at radius 2 is 1.91 bits per heavy atom. The van der Waals surface area contributed by atoms with Crippen LogP contribution in [0.4, 0.5) is 17.1 Å². The zero-order chi connectivity index (χ0) is 23.2. The van der Waals surface area contributed by atoms with Gasteiger partial charge in [0.1, 0.15) is 5.54 Å². The smallest absolute Gasteiger partial charge is 0.271 e. The van der Waals surface area contributed by atoms with Crippen molar-refractivity contribution < 1.29 is 19.3 Å². The summed E-state index contributed by atoms with van der Waals surface area (Å²) in [5.74, 6) is -2.67. The van der Waals surface area contributed by atoms with Crippen molar-refractivity contribution in [2.45, 2.75) is 38.3 Å². The van der Waals surface area contributed by atoms with Gasteiger partial charge in [0.15, 0.2) is 0 Å². The Balaban J connectivity index is 1.55. The summed E-state index contributed by atoms with van der Waals surface area (Å²) in [6, 6.07) is 9.18. The Morgan fingerprint density at radius 3 is 2.67 bits per heavy atom. The van der Waals surface area contributed by atoms with Gasteiger partial charge in [0.2, 0.25) is 17.7 Å². The lowest BCUT2D eigenvalue weighted by Gasteiger charge is -2.36. The second kappa shape index (κ2) is 6.48. The molecule has 4 aliphatic heterocycles. The Bertz CT molecular complexity index is 1290. The number of fused-ring (bicyclic) bond motifs is 7. The van der Waals surface area contributed by atoms with Crippen molar-refractivity contribution in [3.05, 3.63) is 63.2 Å². The zero-order valence-corrected chi connectivity index (χ0v) is 18.2. The van der Waals surface area contributed by atoms with Crippen LogP contribution < -0.4 is 10.2 Å². The summed E-state index contributed by atoms with van der Waals surface area (Å²) in [6.45, 7) is 4.55. The highest BCUT2D eigenvalue weighted by atomic mass is 16.6. The summed E-state index contributed by atoms with van der Waals surface area (Å²) in [6.07, 6.45) is 1.56. The Labute approximate surface area is 189 Å². The number of hydrogen-bond acceptors (Lipinski definition) is 6. The average Bonchev–Trinajstić information content (AvgIpc) is 3.49. The van der Waals surface area contributed by atoms with Gasteiger partial charge >= 0.3 is 0 Å². The minimum absolute atomic E-state index is 0.173. The summed E-state index contributed by atoms with van der Waals surface area (Å²) in [4.78, 5) is 55.2. The molecule has 3 amide bonds. The van der Waals surface area contributed by atoms with Gasteiger partial charge in [0.05, 0.1) is 22.4 Å². The van der Waals surface area contributed by atoms with Crippen LogP contribution in [0.5, 0.6) is 0 Å². The van der Waals surface area contributed by atoms with E-state index < -0.39 is 28.2 Å². The number of non-ortho nitro benzene ring substituents is 1. The molecule has 4 aliphatic rings. The first-order chi connectivity index (χ1) is 15.8. The number of nitro groups is 1. The van der Waals surface area contributed by atoms with Crippen LogP contribution in [0, 0.1) is 35.8 Å². The van der Waals surface area contributed by atoms with Gasteiger partial charge in [-0.3, -0.25) is 29.4 Å². The molecule has 3 saturated heterocycles. The predicted octanol–water partition coefficient (Wildman–Crippen LogP) is 2.64. The molecule has 0 radical (unpaired) electrons. The number of rotatable bonds is 2. The lowest BCUT2D eigenvalue weighted by Crippen LogP contribution is -2.54. The first-order valence-electron chi connectivity index (χ1n) is 11.1. The fraction of sp³-hybridized carbons (Fsp3) is 0.375. The number of carbonyl (C=O) groups excluding carboxylic acids is 3. The summed E-state index contributed by atoms with van der Waals surface area (Å²) >= 11 is 0. The van der Waals surface area contributed by atoms with Crippen LogP contribution in [0.3, 0.4) is 0 Å². The first-order valence-corrected chi connectivity index (χ1v) is 11.1. The normalized spacial score (nSPS) is 30.1. The molecule has 2 aromatic carbocycles.